The van der Waals surface area contributed by atoms with Crippen molar-refractivity contribution in [1.29, 1.82) is 0 Å². The Kier molecular flexibility index (Phi) is 4.69. The molecule has 1 saturated heterocycles. The average Bonchev–Trinajstić information content (AvgIpc) is 2.76. The van der Waals surface area contributed by atoms with Crippen molar-refractivity contribution >= 4 is 25.2 Å². The highest BCUT2D eigenvalue weighted by Crippen LogP contribution is 2.36. The largest absolute Gasteiger partial charge is 0.494 e. The predicted octanol–water partition coefficient (Wildman–Crippen LogP) is 2.19. The van der Waals surface area contributed by atoms with Gasteiger partial charge in [-0.3, -0.25) is 0 Å². The summed E-state index contributed by atoms with van der Waals surface area (Å²) in [5.74, 6) is 0. The molecule has 128 valence electrons. The van der Waals surface area contributed by atoms with Crippen molar-refractivity contribution in [3.8, 4) is 0 Å². The zero-order valence-electron chi connectivity index (χ0n) is 15.4. The van der Waals surface area contributed by atoms with Gasteiger partial charge < -0.3 is 19.1 Å². The lowest BCUT2D eigenvalue weighted by atomic mass is 9.78. The van der Waals surface area contributed by atoms with Gasteiger partial charge in [0.05, 0.1) is 11.2 Å². The summed E-state index contributed by atoms with van der Waals surface area (Å²) in [6, 6.07) is 8.48. The maximum absolute atomic E-state index is 9.65. The Morgan fingerprint density at radius 2 is 1.67 bits per heavy atom. The Morgan fingerprint density at radius 1 is 1.08 bits per heavy atom. The normalized spacial score (nSPS) is 23.2. The van der Waals surface area contributed by atoms with Crippen molar-refractivity contribution in [2.45, 2.75) is 52.1 Å². The number of hydrogen-bond donors (Lipinski definition) is 1. The summed E-state index contributed by atoms with van der Waals surface area (Å²) in [5, 5.41) is 9.65. The van der Waals surface area contributed by atoms with Crippen LogP contribution in [0.3, 0.4) is 0 Å². The number of hydrogen-bond acceptors (Lipinski definition) is 4. The fraction of sp³-hybridized carbons (Fsp3) is 0.556. The molecule has 0 aromatic heterocycles. The average molecular weight is 327 g/mol. The van der Waals surface area contributed by atoms with E-state index >= 15 is 0 Å². The van der Waals surface area contributed by atoms with E-state index in [-0.39, 0.29) is 25.4 Å². The summed E-state index contributed by atoms with van der Waals surface area (Å²) in [5.41, 5.74) is 3.01. The zero-order chi connectivity index (χ0) is 17.5. The van der Waals surface area contributed by atoms with Gasteiger partial charge in [0.1, 0.15) is 0 Å². The first-order valence-corrected chi connectivity index (χ1v) is 8.77. The van der Waals surface area contributed by atoms with E-state index in [0.29, 0.717) is 0 Å². The Hall–Kier alpha value is -1.07. The van der Waals surface area contributed by atoms with Crippen LogP contribution in [0.25, 0.3) is 5.57 Å². The van der Waals surface area contributed by atoms with E-state index in [1.807, 2.05) is 6.82 Å². The first-order valence-electron chi connectivity index (χ1n) is 8.77. The van der Waals surface area contributed by atoms with Gasteiger partial charge >= 0.3 is 14.2 Å². The highest BCUT2D eigenvalue weighted by molar-refractivity contribution is 6.62. The van der Waals surface area contributed by atoms with E-state index in [4.69, 9.17) is 9.31 Å². The second-order valence-corrected chi connectivity index (χ2v) is 7.82. The second-order valence-electron chi connectivity index (χ2n) is 7.82. The Morgan fingerprint density at radius 3 is 2.12 bits per heavy atom. The van der Waals surface area contributed by atoms with Crippen LogP contribution in [0.5, 0.6) is 0 Å². The molecule has 1 fully saturated rings. The molecule has 0 bridgehead atoms. The molecule has 1 N–H and O–H groups in total. The van der Waals surface area contributed by atoms with E-state index in [2.05, 4.69) is 62.8 Å². The molecule has 2 aliphatic rings. The lowest BCUT2D eigenvalue weighted by Gasteiger charge is -2.32. The molecule has 6 heteroatoms. The van der Waals surface area contributed by atoms with Crippen molar-refractivity contribution in [3.05, 3.63) is 35.9 Å². The first-order chi connectivity index (χ1) is 11.2. The fourth-order valence-electron chi connectivity index (χ4n) is 3.12. The van der Waals surface area contributed by atoms with Crippen LogP contribution in [0, 0.1) is 0 Å². The minimum absolute atomic E-state index is 0.310. The van der Waals surface area contributed by atoms with E-state index in [0.717, 1.165) is 25.0 Å². The van der Waals surface area contributed by atoms with Gasteiger partial charge in [0.25, 0.3) is 0 Å². The Bertz CT molecular complexity index is 610. The maximum atomic E-state index is 9.65. The standard InChI is InChI=1S/C18H27B2NO3/c1-17(2)18(3,4)24-20(23-17)16-8-6-14(7-9-16)15-10-12-21(13-11-15)19(5)22/h6-10,22H,11-13H2,1-5H3. The van der Waals surface area contributed by atoms with Gasteiger partial charge in [-0.2, -0.15) is 0 Å². The molecular formula is C18H27B2NO3. The number of nitrogens with zero attached hydrogens (tertiary/aromatic N) is 1. The molecule has 0 amide bonds. The van der Waals surface area contributed by atoms with Gasteiger partial charge in [-0.1, -0.05) is 30.3 Å². The van der Waals surface area contributed by atoms with Crippen LogP contribution in [-0.4, -0.2) is 48.3 Å². The van der Waals surface area contributed by atoms with Gasteiger partial charge in [-0.15, -0.1) is 0 Å². The van der Waals surface area contributed by atoms with E-state index in [9.17, 15) is 5.02 Å². The van der Waals surface area contributed by atoms with Gasteiger partial charge in [-0.25, -0.2) is 0 Å². The SMILES string of the molecule is CB(O)N1CC=C(c2ccc(B3OC(C)(C)C(C)(C)O3)cc2)CC1. The second kappa shape index (κ2) is 6.34. The maximum Gasteiger partial charge on any atom is 0.494 e. The van der Waals surface area contributed by atoms with E-state index < -0.39 is 0 Å². The molecule has 0 atom stereocenters. The predicted molar refractivity (Wildman–Crippen MR) is 100 cm³/mol. The molecule has 4 nitrogen and oxygen atoms in total. The molecule has 1 aromatic carbocycles. The van der Waals surface area contributed by atoms with Crippen LogP contribution < -0.4 is 5.46 Å². The van der Waals surface area contributed by atoms with Crippen LogP contribution in [0.15, 0.2) is 30.3 Å². The lowest BCUT2D eigenvalue weighted by molar-refractivity contribution is 0.00578. The summed E-state index contributed by atoms with van der Waals surface area (Å²) in [7, 11) is -0.691. The molecule has 0 spiro atoms. The summed E-state index contributed by atoms with van der Waals surface area (Å²) in [6.45, 7) is 11.8. The quantitative estimate of drug-likeness (QED) is 0.865. The Labute approximate surface area is 146 Å². The summed E-state index contributed by atoms with van der Waals surface area (Å²) < 4.78 is 12.2. The zero-order valence-corrected chi connectivity index (χ0v) is 15.4. The molecule has 0 radical (unpaired) electrons. The molecule has 0 aliphatic carbocycles. The summed E-state index contributed by atoms with van der Waals surface area (Å²) >= 11 is 0. The highest BCUT2D eigenvalue weighted by atomic mass is 16.7. The van der Waals surface area contributed by atoms with Crippen LogP contribution in [0.2, 0.25) is 6.82 Å². The lowest BCUT2D eigenvalue weighted by Crippen LogP contribution is -2.41. The monoisotopic (exact) mass is 327 g/mol. The third kappa shape index (κ3) is 3.33. The molecule has 3 rings (SSSR count). The third-order valence-electron chi connectivity index (χ3n) is 5.58. The number of benzene rings is 1. The van der Waals surface area contributed by atoms with Crippen molar-refractivity contribution in [2.75, 3.05) is 13.1 Å². The molecule has 24 heavy (non-hydrogen) atoms. The molecular weight excluding hydrogens is 300 g/mol. The minimum atomic E-state index is -0.381. The smallest absolute Gasteiger partial charge is 0.437 e. The van der Waals surface area contributed by atoms with Gasteiger partial charge in [0.15, 0.2) is 0 Å². The molecule has 1 aromatic rings. The highest BCUT2D eigenvalue weighted by Gasteiger charge is 2.51. The van der Waals surface area contributed by atoms with Gasteiger partial charge in [0, 0.05) is 6.54 Å². The molecule has 0 saturated carbocycles. The van der Waals surface area contributed by atoms with Gasteiger partial charge in [0.2, 0.25) is 0 Å². The summed E-state index contributed by atoms with van der Waals surface area (Å²) in [6.07, 6.45) is 3.17. The Balaban J connectivity index is 1.71. The molecule has 2 heterocycles. The topological polar surface area (TPSA) is 41.9 Å². The number of rotatable bonds is 3. The van der Waals surface area contributed by atoms with Crippen LogP contribution in [0.4, 0.5) is 0 Å². The van der Waals surface area contributed by atoms with Crippen molar-refractivity contribution in [1.82, 2.24) is 4.81 Å². The van der Waals surface area contributed by atoms with Crippen molar-refractivity contribution in [2.24, 2.45) is 0 Å². The third-order valence-corrected chi connectivity index (χ3v) is 5.58. The van der Waals surface area contributed by atoms with Crippen LogP contribution in [0.1, 0.15) is 39.7 Å². The van der Waals surface area contributed by atoms with Crippen molar-refractivity contribution in [3.63, 3.8) is 0 Å². The molecule has 2 aliphatic heterocycles. The van der Waals surface area contributed by atoms with E-state index in [1.54, 1.807) is 0 Å². The molecule has 0 unspecified atom stereocenters. The fourth-order valence-corrected chi connectivity index (χ4v) is 3.12. The van der Waals surface area contributed by atoms with E-state index in [1.165, 1.54) is 11.1 Å². The van der Waals surface area contributed by atoms with Crippen LogP contribution in [-0.2, 0) is 9.31 Å². The van der Waals surface area contributed by atoms with Crippen molar-refractivity contribution < 1.29 is 14.3 Å². The van der Waals surface area contributed by atoms with Gasteiger partial charge in [-0.05, 0) is 64.1 Å². The minimum Gasteiger partial charge on any atom is -0.437 e. The summed E-state index contributed by atoms with van der Waals surface area (Å²) in [4.78, 5) is 2.06. The van der Waals surface area contributed by atoms with Crippen LogP contribution >= 0.6 is 0 Å². The first kappa shape index (κ1) is 17.7.